The Kier molecular flexibility index (Phi) is 5.68. The molecule has 3 aromatic rings. The normalized spacial score (nSPS) is 15.9. The number of hydrogen-bond acceptors (Lipinski definition) is 6. The van der Waals surface area contributed by atoms with E-state index in [0.717, 1.165) is 29.0 Å². The molecule has 2 aromatic carbocycles. The standard InChI is InChI=1S/C20H21N5OS2/c1-13-7-8-14(2)17(11-13)25-20(22-23-24-25)28-12-19(26)21-16-9-10-27-18-6-4-3-5-15(16)18/h3-8,11,16H,9-10,12H2,1-2H3,(H,21,26)/t16-/m0/s1. The Balaban J connectivity index is 1.43. The summed E-state index contributed by atoms with van der Waals surface area (Å²) in [4.78, 5) is 13.8. The van der Waals surface area contributed by atoms with Crippen LogP contribution in [0.3, 0.4) is 0 Å². The Hall–Kier alpha value is -2.32. The predicted molar refractivity (Wildman–Crippen MR) is 112 cm³/mol. The van der Waals surface area contributed by atoms with Crippen molar-refractivity contribution in [2.75, 3.05) is 11.5 Å². The minimum atomic E-state index is -0.00721. The first-order valence-electron chi connectivity index (χ1n) is 9.12. The van der Waals surface area contributed by atoms with Gasteiger partial charge >= 0.3 is 0 Å². The smallest absolute Gasteiger partial charge is 0.230 e. The summed E-state index contributed by atoms with van der Waals surface area (Å²) in [7, 11) is 0. The number of aromatic nitrogens is 4. The highest BCUT2D eigenvalue weighted by molar-refractivity contribution is 7.99. The molecule has 0 fully saturated rings. The summed E-state index contributed by atoms with van der Waals surface area (Å²) in [6.07, 6.45) is 0.943. The van der Waals surface area contributed by atoms with Crippen molar-refractivity contribution in [3.63, 3.8) is 0 Å². The van der Waals surface area contributed by atoms with Crippen LogP contribution in [0, 0.1) is 13.8 Å². The van der Waals surface area contributed by atoms with E-state index in [-0.39, 0.29) is 17.7 Å². The quantitative estimate of drug-likeness (QED) is 0.645. The fourth-order valence-electron chi connectivity index (χ4n) is 3.23. The van der Waals surface area contributed by atoms with Crippen molar-refractivity contribution in [3.8, 4) is 5.69 Å². The van der Waals surface area contributed by atoms with Gasteiger partial charge in [0.1, 0.15) is 0 Å². The Morgan fingerprint density at radius 3 is 3.04 bits per heavy atom. The largest absolute Gasteiger partial charge is 0.348 e. The number of carbonyl (C=O) groups excluding carboxylic acids is 1. The molecule has 0 saturated heterocycles. The molecular formula is C20H21N5OS2. The van der Waals surface area contributed by atoms with Crippen molar-refractivity contribution in [1.29, 1.82) is 0 Å². The van der Waals surface area contributed by atoms with Crippen LogP contribution in [0.5, 0.6) is 0 Å². The van der Waals surface area contributed by atoms with Crippen LogP contribution in [0.15, 0.2) is 52.5 Å². The van der Waals surface area contributed by atoms with Crippen molar-refractivity contribution in [2.45, 2.75) is 36.4 Å². The molecule has 0 unspecified atom stereocenters. The monoisotopic (exact) mass is 411 g/mol. The summed E-state index contributed by atoms with van der Waals surface area (Å²) in [5, 5.41) is 15.8. The molecule has 0 saturated carbocycles. The first kappa shape index (κ1) is 19.0. The van der Waals surface area contributed by atoms with Crippen molar-refractivity contribution in [2.24, 2.45) is 0 Å². The van der Waals surface area contributed by atoms with Crippen LogP contribution in [0.1, 0.15) is 29.2 Å². The summed E-state index contributed by atoms with van der Waals surface area (Å²) in [5.74, 6) is 1.28. The Morgan fingerprint density at radius 1 is 1.29 bits per heavy atom. The predicted octanol–water partition coefficient (Wildman–Crippen LogP) is 3.72. The van der Waals surface area contributed by atoms with Crippen LogP contribution >= 0.6 is 23.5 Å². The highest BCUT2D eigenvalue weighted by Crippen LogP contribution is 2.35. The lowest BCUT2D eigenvalue weighted by atomic mass is 10.0. The number of hydrogen-bond donors (Lipinski definition) is 1. The topological polar surface area (TPSA) is 72.7 Å². The molecule has 0 spiro atoms. The second-order valence-corrected chi connectivity index (χ2v) is 8.83. The number of fused-ring (bicyclic) bond motifs is 1. The van der Waals surface area contributed by atoms with E-state index in [0.29, 0.717) is 5.16 Å². The van der Waals surface area contributed by atoms with Gasteiger partial charge < -0.3 is 5.32 Å². The van der Waals surface area contributed by atoms with E-state index >= 15 is 0 Å². The van der Waals surface area contributed by atoms with E-state index in [9.17, 15) is 4.79 Å². The molecule has 6 nitrogen and oxygen atoms in total. The molecule has 2 heterocycles. The van der Waals surface area contributed by atoms with Crippen LogP contribution in [0.2, 0.25) is 0 Å². The lowest BCUT2D eigenvalue weighted by molar-refractivity contribution is -0.119. The Bertz CT molecular complexity index is 1000. The van der Waals surface area contributed by atoms with E-state index in [1.807, 2.05) is 49.9 Å². The molecule has 1 aromatic heterocycles. The zero-order chi connectivity index (χ0) is 19.5. The van der Waals surface area contributed by atoms with E-state index < -0.39 is 0 Å². The maximum absolute atomic E-state index is 12.6. The summed E-state index contributed by atoms with van der Waals surface area (Å²) < 4.78 is 1.70. The van der Waals surface area contributed by atoms with Gasteiger partial charge in [-0.25, -0.2) is 0 Å². The van der Waals surface area contributed by atoms with Crippen LogP contribution in [-0.2, 0) is 4.79 Å². The van der Waals surface area contributed by atoms with E-state index in [4.69, 9.17) is 0 Å². The van der Waals surface area contributed by atoms with Gasteiger partial charge in [-0.3, -0.25) is 4.79 Å². The first-order valence-corrected chi connectivity index (χ1v) is 11.1. The zero-order valence-corrected chi connectivity index (χ0v) is 17.4. The van der Waals surface area contributed by atoms with Gasteiger partial charge in [-0.15, -0.1) is 16.9 Å². The number of nitrogens with zero attached hydrogens (tertiary/aromatic N) is 4. The minimum Gasteiger partial charge on any atom is -0.348 e. The zero-order valence-electron chi connectivity index (χ0n) is 15.8. The highest BCUT2D eigenvalue weighted by atomic mass is 32.2. The number of thioether (sulfide) groups is 2. The lowest BCUT2D eigenvalue weighted by Crippen LogP contribution is -2.31. The minimum absolute atomic E-state index is 0.00721. The van der Waals surface area contributed by atoms with E-state index in [1.54, 1.807) is 4.68 Å². The van der Waals surface area contributed by atoms with Gasteiger partial charge in [-0.2, -0.15) is 4.68 Å². The second kappa shape index (κ2) is 8.36. The van der Waals surface area contributed by atoms with Crippen molar-refractivity contribution in [1.82, 2.24) is 25.5 Å². The summed E-state index contributed by atoms with van der Waals surface area (Å²) in [6, 6.07) is 14.5. The number of benzene rings is 2. The van der Waals surface area contributed by atoms with Gasteiger partial charge in [0, 0.05) is 10.6 Å². The molecule has 1 amide bonds. The molecule has 0 aliphatic carbocycles. The van der Waals surface area contributed by atoms with Gasteiger partial charge in [0.05, 0.1) is 17.5 Å². The molecule has 8 heteroatoms. The van der Waals surface area contributed by atoms with Gasteiger partial charge in [0.25, 0.3) is 0 Å². The third-order valence-electron chi connectivity index (χ3n) is 4.66. The van der Waals surface area contributed by atoms with E-state index in [1.165, 1.54) is 22.2 Å². The fourth-order valence-corrected chi connectivity index (χ4v) is 5.05. The Morgan fingerprint density at radius 2 is 2.14 bits per heavy atom. The number of nitrogens with one attached hydrogen (secondary N) is 1. The van der Waals surface area contributed by atoms with Crippen molar-refractivity contribution < 1.29 is 4.79 Å². The van der Waals surface area contributed by atoms with Gasteiger partial charge in [0.2, 0.25) is 11.1 Å². The summed E-state index contributed by atoms with van der Waals surface area (Å²) >= 11 is 3.20. The van der Waals surface area contributed by atoms with Crippen molar-refractivity contribution in [3.05, 3.63) is 59.2 Å². The molecular weight excluding hydrogens is 390 g/mol. The number of tetrazole rings is 1. The molecule has 1 N–H and O–H groups in total. The highest BCUT2D eigenvalue weighted by Gasteiger charge is 2.22. The van der Waals surface area contributed by atoms with Gasteiger partial charge in [0.15, 0.2) is 0 Å². The number of rotatable bonds is 5. The molecule has 1 aliphatic heterocycles. The Labute approximate surface area is 172 Å². The third kappa shape index (κ3) is 4.07. The number of carbonyl (C=O) groups is 1. The van der Waals surface area contributed by atoms with Gasteiger partial charge in [-0.1, -0.05) is 42.1 Å². The summed E-state index contributed by atoms with van der Waals surface area (Å²) in [6.45, 7) is 4.06. The molecule has 1 atom stereocenters. The molecule has 28 heavy (non-hydrogen) atoms. The molecule has 4 rings (SSSR count). The van der Waals surface area contributed by atoms with Crippen LogP contribution in [-0.4, -0.2) is 37.6 Å². The van der Waals surface area contributed by atoms with Gasteiger partial charge in [-0.05, 0) is 59.5 Å². The molecule has 0 bridgehead atoms. The van der Waals surface area contributed by atoms with E-state index in [2.05, 4.69) is 39.0 Å². The average Bonchev–Trinajstić information content (AvgIpc) is 3.17. The SMILES string of the molecule is Cc1ccc(C)c(-n2nnnc2SCC(=O)N[C@H]2CCSc3ccccc32)c1. The summed E-state index contributed by atoms with van der Waals surface area (Å²) in [5.41, 5.74) is 4.36. The number of aryl methyl sites for hydroxylation is 2. The third-order valence-corrected chi connectivity index (χ3v) is 6.70. The molecule has 144 valence electrons. The van der Waals surface area contributed by atoms with Crippen LogP contribution < -0.4 is 5.32 Å². The average molecular weight is 412 g/mol. The maximum Gasteiger partial charge on any atom is 0.230 e. The fraction of sp³-hybridized carbons (Fsp3) is 0.300. The van der Waals surface area contributed by atoms with Crippen LogP contribution in [0.25, 0.3) is 5.69 Å². The van der Waals surface area contributed by atoms with Crippen LogP contribution in [0.4, 0.5) is 0 Å². The first-order chi connectivity index (χ1) is 13.6. The number of amides is 1. The lowest BCUT2D eigenvalue weighted by Gasteiger charge is -2.25. The molecule has 1 aliphatic rings. The second-order valence-electron chi connectivity index (χ2n) is 6.75. The van der Waals surface area contributed by atoms with Crippen molar-refractivity contribution >= 4 is 29.4 Å². The molecule has 0 radical (unpaired) electrons. The maximum atomic E-state index is 12.6.